The predicted molar refractivity (Wildman–Crippen MR) is 91.1 cm³/mol. The molecule has 1 aliphatic heterocycles. The second-order valence-electron chi connectivity index (χ2n) is 4.38. The summed E-state index contributed by atoms with van der Waals surface area (Å²) in [6, 6.07) is 6.52. The van der Waals surface area contributed by atoms with Crippen molar-refractivity contribution < 1.29 is 0 Å². The van der Waals surface area contributed by atoms with Crippen LogP contribution in [0.25, 0.3) is 0 Å². The number of benzene rings is 1. The highest BCUT2D eigenvalue weighted by Crippen LogP contribution is 2.32. The smallest absolute Gasteiger partial charge is 0.0410 e. The van der Waals surface area contributed by atoms with E-state index in [2.05, 4.69) is 39.1 Å². The topological polar surface area (TPSA) is 15.3 Å². The van der Waals surface area contributed by atoms with Crippen LogP contribution in [-0.4, -0.2) is 31.1 Å². The van der Waals surface area contributed by atoms with Gasteiger partial charge in [-0.05, 0) is 30.2 Å². The SMILES string of the molecule is CC[C@H](c1cc(Cl)ccc1Br)N1CCNCC1.Cl.Cl. The van der Waals surface area contributed by atoms with Gasteiger partial charge in [-0.3, -0.25) is 4.90 Å². The van der Waals surface area contributed by atoms with Crippen molar-refractivity contribution in [1.82, 2.24) is 10.2 Å². The van der Waals surface area contributed by atoms with Crippen molar-refractivity contribution in [2.24, 2.45) is 0 Å². The summed E-state index contributed by atoms with van der Waals surface area (Å²) in [4.78, 5) is 2.53. The molecule has 0 bridgehead atoms. The van der Waals surface area contributed by atoms with E-state index in [-0.39, 0.29) is 24.8 Å². The van der Waals surface area contributed by atoms with Crippen molar-refractivity contribution in [2.75, 3.05) is 26.2 Å². The molecule has 19 heavy (non-hydrogen) atoms. The van der Waals surface area contributed by atoms with E-state index in [9.17, 15) is 0 Å². The first-order valence-electron chi connectivity index (χ1n) is 6.12. The van der Waals surface area contributed by atoms with Gasteiger partial charge >= 0.3 is 0 Å². The molecule has 1 atom stereocenters. The molecule has 0 aliphatic carbocycles. The van der Waals surface area contributed by atoms with Gasteiger partial charge < -0.3 is 5.32 Å². The molecule has 0 amide bonds. The average Bonchev–Trinajstić information content (AvgIpc) is 2.36. The molecule has 0 radical (unpaired) electrons. The standard InChI is InChI=1S/C13H18BrClN2.2ClH/c1-2-13(17-7-5-16-6-8-17)11-9-10(15)3-4-12(11)14;;/h3-4,9,13,16H,2,5-8H2,1H3;2*1H/t13-;;/m1../s1. The van der Waals surface area contributed by atoms with Crippen LogP contribution in [0.4, 0.5) is 0 Å². The first-order chi connectivity index (χ1) is 8.22. The molecule has 1 aromatic carbocycles. The minimum atomic E-state index is 0. The van der Waals surface area contributed by atoms with E-state index < -0.39 is 0 Å². The lowest BCUT2D eigenvalue weighted by Crippen LogP contribution is -2.45. The van der Waals surface area contributed by atoms with E-state index in [4.69, 9.17) is 11.6 Å². The zero-order chi connectivity index (χ0) is 12.3. The number of hydrogen-bond donors (Lipinski definition) is 1. The summed E-state index contributed by atoms with van der Waals surface area (Å²) in [6.45, 7) is 6.61. The van der Waals surface area contributed by atoms with Gasteiger partial charge in [0.05, 0.1) is 0 Å². The van der Waals surface area contributed by atoms with Gasteiger partial charge in [-0.1, -0.05) is 34.5 Å². The fourth-order valence-electron chi connectivity index (χ4n) is 2.44. The van der Waals surface area contributed by atoms with Crippen LogP contribution in [0.1, 0.15) is 24.9 Å². The molecular formula is C13H20BrCl3N2. The lowest BCUT2D eigenvalue weighted by atomic mass is 10.0. The van der Waals surface area contributed by atoms with Crippen LogP contribution in [0.2, 0.25) is 5.02 Å². The molecule has 1 N–H and O–H groups in total. The lowest BCUT2D eigenvalue weighted by molar-refractivity contribution is 0.169. The number of rotatable bonds is 3. The Morgan fingerprint density at radius 3 is 2.53 bits per heavy atom. The van der Waals surface area contributed by atoms with Crippen LogP contribution >= 0.6 is 52.3 Å². The van der Waals surface area contributed by atoms with E-state index in [1.807, 2.05) is 12.1 Å². The third-order valence-corrected chi connectivity index (χ3v) is 4.25. The van der Waals surface area contributed by atoms with Gasteiger partial charge in [-0.25, -0.2) is 0 Å². The highest BCUT2D eigenvalue weighted by Gasteiger charge is 2.22. The summed E-state index contributed by atoms with van der Waals surface area (Å²) in [7, 11) is 0. The minimum absolute atomic E-state index is 0. The Hall–Kier alpha value is 0.490. The third-order valence-electron chi connectivity index (χ3n) is 3.30. The Bertz CT molecular complexity index is 384. The Kier molecular flexibility index (Phi) is 9.67. The molecule has 1 aromatic rings. The number of hydrogen-bond acceptors (Lipinski definition) is 2. The summed E-state index contributed by atoms with van der Waals surface area (Å²) < 4.78 is 1.16. The highest BCUT2D eigenvalue weighted by molar-refractivity contribution is 9.10. The minimum Gasteiger partial charge on any atom is -0.314 e. The molecule has 1 heterocycles. The van der Waals surface area contributed by atoms with Gasteiger partial charge in [0.1, 0.15) is 0 Å². The van der Waals surface area contributed by atoms with Crippen molar-refractivity contribution in [1.29, 1.82) is 0 Å². The second kappa shape index (κ2) is 9.43. The summed E-state index contributed by atoms with van der Waals surface area (Å²) in [6.07, 6.45) is 1.11. The van der Waals surface area contributed by atoms with Crippen LogP contribution in [-0.2, 0) is 0 Å². The van der Waals surface area contributed by atoms with Gasteiger partial charge in [-0.15, -0.1) is 24.8 Å². The molecule has 0 spiro atoms. The van der Waals surface area contributed by atoms with Crippen LogP contribution in [0, 0.1) is 0 Å². The maximum atomic E-state index is 6.11. The first kappa shape index (κ1) is 19.5. The molecule has 0 unspecified atom stereocenters. The molecule has 110 valence electrons. The van der Waals surface area contributed by atoms with Crippen LogP contribution in [0.5, 0.6) is 0 Å². The maximum Gasteiger partial charge on any atom is 0.0410 e. The Morgan fingerprint density at radius 1 is 1.32 bits per heavy atom. The largest absolute Gasteiger partial charge is 0.314 e. The summed E-state index contributed by atoms with van der Waals surface area (Å²) >= 11 is 9.74. The monoisotopic (exact) mass is 388 g/mol. The molecule has 2 nitrogen and oxygen atoms in total. The Morgan fingerprint density at radius 2 is 1.95 bits per heavy atom. The number of nitrogens with one attached hydrogen (secondary N) is 1. The molecule has 0 aromatic heterocycles. The van der Waals surface area contributed by atoms with Crippen LogP contribution < -0.4 is 5.32 Å². The maximum absolute atomic E-state index is 6.11. The molecule has 6 heteroatoms. The lowest BCUT2D eigenvalue weighted by Gasteiger charge is -2.35. The fraction of sp³-hybridized carbons (Fsp3) is 0.538. The summed E-state index contributed by atoms with van der Waals surface area (Å²) in [5.41, 5.74) is 1.31. The summed E-state index contributed by atoms with van der Waals surface area (Å²) in [5, 5.41) is 4.21. The molecule has 1 saturated heterocycles. The van der Waals surface area contributed by atoms with Crippen molar-refractivity contribution in [3.05, 3.63) is 33.3 Å². The Balaban J connectivity index is 0.00000162. The predicted octanol–water partition coefficient (Wildman–Crippen LogP) is 4.30. The van der Waals surface area contributed by atoms with Crippen LogP contribution in [0.3, 0.4) is 0 Å². The molecular weight excluding hydrogens is 370 g/mol. The highest BCUT2D eigenvalue weighted by atomic mass is 79.9. The zero-order valence-corrected chi connectivity index (χ0v) is 14.8. The van der Waals surface area contributed by atoms with Gasteiger partial charge in [0, 0.05) is 41.7 Å². The van der Waals surface area contributed by atoms with E-state index in [0.717, 1.165) is 42.1 Å². The van der Waals surface area contributed by atoms with E-state index in [0.29, 0.717) is 6.04 Å². The number of halogens is 4. The van der Waals surface area contributed by atoms with Crippen molar-refractivity contribution >= 4 is 52.3 Å². The quantitative estimate of drug-likeness (QED) is 0.828. The normalized spacial score (nSPS) is 17.2. The third kappa shape index (κ3) is 5.07. The summed E-state index contributed by atoms with van der Waals surface area (Å²) in [5.74, 6) is 0. The van der Waals surface area contributed by atoms with Gasteiger partial charge in [-0.2, -0.15) is 0 Å². The van der Waals surface area contributed by atoms with Gasteiger partial charge in [0.2, 0.25) is 0 Å². The van der Waals surface area contributed by atoms with Crippen molar-refractivity contribution in [2.45, 2.75) is 19.4 Å². The molecule has 0 saturated carbocycles. The number of nitrogens with zero attached hydrogens (tertiary/aromatic N) is 1. The number of piperazine rings is 1. The van der Waals surface area contributed by atoms with Crippen molar-refractivity contribution in [3.63, 3.8) is 0 Å². The van der Waals surface area contributed by atoms with Crippen LogP contribution in [0.15, 0.2) is 22.7 Å². The Labute approximate surface area is 141 Å². The second-order valence-corrected chi connectivity index (χ2v) is 5.67. The first-order valence-corrected chi connectivity index (χ1v) is 7.29. The fourth-order valence-corrected chi connectivity index (χ4v) is 3.13. The van der Waals surface area contributed by atoms with E-state index >= 15 is 0 Å². The van der Waals surface area contributed by atoms with Gasteiger partial charge in [0.15, 0.2) is 0 Å². The molecule has 1 fully saturated rings. The van der Waals surface area contributed by atoms with Gasteiger partial charge in [0.25, 0.3) is 0 Å². The molecule has 2 rings (SSSR count). The molecule has 1 aliphatic rings. The van der Waals surface area contributed by atoms with E-state index in [1.54, 1.807) is 0 Å². The van der Waals surface area contributed by atoms with Crippen molar-refractivity contribution in [3.8, 4) is 0 Å². The average molecular weight is 391 g/mol. The zero-order valence-electron chi connectivity index (χ0n) is 10.9. The van der Waals surface area contributed by atoms with E-state index in [1.165, 1.54) is 5.56 Å².